The predicted molar refractivity (Wildman–Crippen MR) is 91.4 cm³/mol. The van der Waals surface area contributed by atoms with Crippen LogP contribution in [0.5, 0.6) is 23.1 Å². The van der Waals surface area contributed by atoms with Crippen LogP contribution in [0.15, 0.2) is 47.3 Å². The molecule has 0 bridgehead atoms. The first-order valence-corrected chi connectivity index (χ1v) is 7.61. The largest absolute Gasteiger partial charge is 0.508 e. The van der Waals surface area contributed by atoms with E-state index in [0.717, 1.165) is 16.9 Å². The third kappa shape index (κ3) is 2.46. The summed E-state index contributed by atoms with van der Waals surface area (Å²) in [4.78, 5) is 18.1. The molecule has 0 radical (unpaired) electrons. The monoisotopic (exact) mass is 337 g/mol. The average Bonchev–Trinajstić information content (AvgIpc) is 2.59. The van der Waals surface area contributed by atoms with E-state index in [9.17, 15) is 9.90 Å². The highest BCUT2D eigenvalue weighted by molar-refractivity contribution is 5.63. The number of rotatable bonds is 2. The number of fused-ring (bicyclic) bond motifs is 2. The molecule has 7 nitrogen and oxygen atoms in total. The number of aromatic hydroxyl groups is 1. The molecule has 25 heavy (non-hydrogen) atoms. The smallest absolute Gasteiger partial charge is 0.349 e. The Morgan fingerprint density at radius 3 is 2.72 bits per heavy atom. The van der Waals surface area contributed by atoms with E-state index < -0.39 is 5.69 Å². The number of nitrogens with zero attached hydrogens (tertiary/aromatic N) is 1. The second kappa shape index (κ2) is 5.55. The predicted octanol–water partition coefficient (Wildman–Crippen LogP) is 2.35. The van der Waals surface area contributed by atoms with Gasteiger partial charge in [0.1, 0.15) is 23.1 Å². The van der Waals surface area contributed by atoms with Gasteiger partial charge in [-0.15, -0.1) is 0 Å². The highest BCUT2D eigenvalue weighted by atomic mass is 16.5. The van der Waals surface area contributed by atoms with Gasteiger partial charge in [-0.1, -0.05) is 18.2 Å². The lowest BCUT2D eigenvalue weighted by molar-refractivity contribution is 0.414. The van der Waals surface area contributed by atoms with E-state index in [1.165, 1.54) is 6.07 Å². The van der Waals surface area contributed by atoms with Crippen molar-refractivity contribution < 1.29 is 14.6 Å². The maximum absolute atomic E-state index is 11.7. The van der Waals surface area contributed by atoms with Gasteiger partial charge in [-0.05, 0) is 23.8 Å². The van der Waals surface area contributed by atoms with Crippen LogP contribution in [0, 0.1) is 0 Å². The second-order valence-corrected chi connectivity index (χ2v) is 5.70. The number of ether oxygens (including phenoxy) is 2. The Hall–Kier alpha value is -3.48. The molecule has 0 fully saturated rings. The van der Waals surface area contributed by atoms with Crippen molar-refractivity contribution >= 4 is 5.82 Å². The first-order valence-electron chi connectivity index (χ1n) is 7.61. The Morgan fingerprint density at radius 2 is 2.00 bits per heavy atom. The van der Waals surface area contributed by atoms with Crippen molar-refractivity contribution in [1.29, 1.82) is 0 Å². The van der Waals surface area contributed by atoms with Gasteiger partial charge in [0, 0.05) is 17.5 Å². The molecule has 126 valence electrons. The number of phenolic OH excluding ortho intramolecular Hbond substituents is 1. The molecule has 3 aromatic rings. The molecular weight excluding hydrogens is 322 g/mol. The lowest BCUT2D eigenvalue weighted by atomic mass is 9.83. The Morgan fingerprint density at radius 1 is 1.24 bits per heavy atom. The van der Waals surface area contributed by atoms with Crippen LogP contribution >= 0.6 is 0 Å². The minimum atomic E-state index is -0.590. The van der Waals surface area contributed by atoms with Crippen LogP contribution in [0.4, 0.5) is 5.82 Å². The number of phenols is 1. The lowest BCUT2D eigenvalue weighted by Crippen LogP contribution is -2.22. The van der Waals surface area contributed by atoms with E-state index >= 15 is 0 Å². The van der Waals surface area contributed by atoms with Crippen molar-refractivity contribution in [3.05, 3.63) is 69.6 Å². The standard InChI is InChI=1S/C18H15N3O4/c1-24-11-5-2-9(3-6-11)14-12-7-4-10(22)8-13(12)25-17-15(14)16(19)20-18(23)21-17/h2-8,14,22H,1H3,(H3,19,20,21,23). The summed E-state index contributed by atoms with van der Waals surface area (Å²) in [7, 11) is 1.60. The molecule has 1 aliphatic rings. The van der Waals surface area contributed by atoms with Crippen LogP contribution < -0.4 is 20.9 Å². The van der Waals surface area contributed by atoms with Gasteiger partial charge in [-0.3, -0.25) is 4.98 Å². The Kier molecular flexibility index (Phi) is 3.35. The highest BCUT2D eigenvalue weighted by Gasteiger charge is 2.32. The van der Waals surface area contributed by atoms with E-state index in [0.29, 0.717) is 11.3 Å². The van der Waals surface area contributed by atoms with Crippen molar-refractivity contribution in [2.45, 2.75) is 5.92 Å². The van der Waals surface area contributed by atoms with Gasteiger partial charge in [-0.2, -0.15) is 4.98 Å². The molecule has 2 heterocycles. The summed E-state index contributed by atoms with van der Waals surface area (Å²) in [6.45, 7) is 0. The van der Waals surface area contributed by atoms with Crippen molar-refractivity contribution in [1.82, 2.24) is 9.97 Å². The number of aromatic amines is 1. The first-order chi connectivity index (χ1) is 12.1. The summed E-state index contributed by atoms with van der Waals surface area (Å²) in [5.41, 5.74) is 7.80. The zero-order valence-electron chi connectivity index (χ0n) is 13.3. The third-order valence-corrected chi connectivity index (χ3v) is 4.22. The van der Waals surface area contributed by atoms with Gasteiger partial charge in [0.05, 0.1) is 12.7 Å². The van der Waals surface area contributed by atoms with E-state index in [-0.39, 0.29) is 23.4 Å². The highest BCUT2D eigenvalue weighted by Crippen LogP contribution is 2.48. The SMILES string of the molecule is COc1ccc(C2c3ccc(O)cc3Oc3nc(=O)[nH]c(N)c32)cc1. The summed E-state index contributed by atoms with van der Waals surface area (Å²) in [6.07, 6.45) is 0. The number of benzene rings is 2. The molecule has 7 heteroatoms. The van der Waals surface area contributed by atoms with E-state index in [4.69, 9.17) is 15.2 Å². The quantitative estimate of drug-likeness (QED) is 0.518. The lowest BCUT2D eigenvalue weighted by Gasteiger charge is -2.28. The molecule has 2 aromatic carbocycles. The van der Waals surface area contributed by atoms with Gasteiger partial charge < -0.3 is 20.3 Å². The molecule has 1 unspecified atom stereocenters. The van der Waals surface area contributed by atoms with Gasteiger partial charge in [0.25, 0.3) is 0 Å². The minimum Gasteiger partial charge on any atom is -0.508 e. The molecule has 4 rings (SSSR count). The second-order valence-electron chi connectivity index (χ2n) is 5.70. The summed E-state index contributed by atoms with van der Waals surface area (Å²) in [6, 6.07) is 12.4. The fraction of sp³-hybridized carbons (Fsp3) is 0.111. The van der Waals surface area contributed by atoms with Crippen LogP contribution in [0.3, 0.4) is 0 Å². The van der Waals surface area contributed by atoms with Crippen LogP contribution in [-0.4, -0.2) is 22.2 Å². The van der Waals surface area contributed by atoms with Gasteiger partial charge in [-0.25, -0.2) is 4.79 Å². The number of nitrogens with one attached hydrogen (secondary N) is 1. The number of aromatic nitrogens is 2. The maximum Gasteiger partial charge on any atom is 0.349 e. The maximum atomic E-state index is 11.7. The van der Waals surface area contributed by atoms with Gasteiger partial charge in [0.15, 0.2) is 0 Å². The molecule has 0 saturated carbocycles. The molecule has 1 atom stereocenters. The fourth-order valence-electron chi connectivity index (χ4n) is 3.09. The molecule has 0 aliphatic carbocycles. The number of nitrogens with two attached hydrogens (primary N) is 1. The number of nitrogen functional groups attached to an aromatic ring is 1. The van der Waals surface area contributed by atoms with Crippen molar-refractivity contribution in [3.8, 4) is 23.1 Å². The van der Waals surface area contributed by atoms with E-state index in [1.54, 1.807) is 19.2 Å². The Balaban J connectivity index is 1.97. The first kappa shape index (κ1) is 15.1. The topological polar surface area (TPSA) is 110 Å². The third-order valence-electron chi connectivity index (χ3n) is 4.22. The Bertz CT molecular complexity index is 1010. The van der Waals surface area contributed by atoms with Crippen molar-refractivity contribution in [3.63, 3.8) is 0 Å². The molecule has 0 amide bonds. The number of methoxy groups -OCH3 is 1. The summed E-state index contributed by atoms with van der Waals surface area (Å²) in [5, 5.41) is 9.76. The van der Waals surface area contributed by atoms with E-state index in [1.807, 2.05) is 24.3 Å². The Labute approximate surface area is 142 Å². The van der Waals surface area contributed by atoms with Crippen LogP contribution in [-0.2, 0) is 0 Å². The average molecular weight is 337 g/mol. The molecule has 0 saturated heterocycles. The summed E-state index contributed by atoms with van der Waals surface area (Å²) in [5.74, 6) is 1.28. The molecular formula is C18H15N3O4. The minimum absolute atomic E-state index is 0.0634. The number of H-pyrrole nitrogens is 1. The molecule has 1 aromatic heterocycles. The van der Waals surface area contributed by atoms with Gasteiger partial charge >= 0.3 is 5.69 Å². The molecule has 1 aliphatic heterocycles. The summed E-state index contributed by atoms with van der Waals surface area (Å²) < 4.78 is 10.9. The van der Waals surface area contributed by atoms with Crippen LogP contribution in [0.2, 0.25) is 0 Å². The normalized spacial score (nSPS) is 15.0. The molecule has 0 spiro atoms. The van der Waals surface area contributed by atoms with Gasteiger partial charge in [0.2, 0.25) is 5.88 Å². The zero-order chi connectivity index (χ0) is 17.6. The number of hydrogen-bond donors (Lipinski definition) is 3. The van der Waals surface area contributed by atoms with Crippen molar-refractivity contribution in [2.75, 3.05) is 12.8 Å². The number of anilines is 1. The van der Waals surface area contributed by atoms with Crippen LogP contribution in [0.1, 0.15) is 22.6 Å². The van der Waals surface area contributed by atoms with E-state index in [2.05, 4.69) is 9.97 Å². The van der Waals surface area contributed by atoms with Crippen LogP contribution in [0.25, 0.3) is 0 Å². The number of hydrogen-bond acceptors (Lipinski definition) is 6. The molecule has 4 N–H and O–H groups in total. The fourth-order valence-corrected chi connectivity index (χ4v) is 3.09. The summed E-state index contributed by atoms with van der Waals surface area (Å²) >= 11 is 0. The van der Waals surface area contributed by atoms with Crippen molar-refractivity contribution in [2.24, 2.45) is 0 Å². The zero-order valence-corrected chi connectivity index (χ0v) is 13.3.